The lowest BCUT2D eigenvalue weighted by atomic mass is 9.92. The Morgan fingerprint density at radius 2 is 1.43 bits per heavy atom. The molecule has 21 heavy (non-hydrogen) atoms. The molecule has 1 aliphatic rings. The van der Waals surface area contributed by atoms with E-state index in [9.17, 15) is 0 Å². The second-order valence-corrected chi connectivity index (χ2v) is 5.57. The van der Waals surface area contributed by atoms with E-state index in [1.165, 1.54) is 37.7 Å². The van der Waals surface area contributed by atoms with E-state index in [-0.39, 0.29) is 0 Å². The topological polar surface area (TPSA) is 0 Å². The predicted octanol–water partition coefficient (Wildman–Crippen LogP) is 5.43. The van der Waals surface area contributed by atoms with E-state index < -0.39 is 0 Å². The minimum absolute atomic E-state index is 1.07. The number of rotatable bonds is 1. The number of allylic oxidation sites excluding steroid dienone is 1. The molecular formula is C21H20. The van der Waals surface area contributed by atoms with E-state index in [4.69, 9.17) is 0 Å². The first-order valence-electron chi connectivity index (χ1n) is 7.77. The highest BCUT2D eigenvalue weighted by Gasteiger charge is 2.06. The van der Waals surface area contributed by atoms with Gasteiger partial charge in [-0.3, -0.25) is 0 Å². The van der Waals surface area contributed by atoms with E-state index >= 15 is 0 Å². The molecule has 1 aliphatic carbocycles. The van der Waals surface area contributed by atoms with Gasteiger partial charge in [0.2, 0.25) is 0 Å². The first-order valence-corrected chi connectivity index (χ1v) is 7.77. The van der Waals surface area contributed by atoms with Crippen LogP contribution in [0, 0.1) is 11.8 Å². The van der Waals surface area contributed by atoms with Crippen molar-refractivity contribution in [2.75, 3.05) is 0 Å². The molecule has 0 N–H and O–H groups in total. The molecule has 0 bridgehead atoms. The smallest absolute Gasteiger partial charge is 0.0321 e. The van der Waals surface area contributed by atoms with Crippen molar-refractivity contribution in [3.8, 4) is 11.8 Å². The van der Waals surface area contributed by atoms with Gasteiger partial charge in [0.05, 0.1) is 0 Å². The standard InChI is InChI=1S/C21H20/c1-3-9-18(10-4-1)15-16-20-13-7-8-14-21(20)17-19-11-5-2-6-12-19/h1,3-4,7-10,13-14,17H,2,5-6,11-12H2. The van der Waals surface area contributed by atoms with Crippen LogP contribution in [-0.2, 0) is 0 Å². The third-order valence-corrected chi connectivity index (χ3v) is 3.93. The van der Waals surface area contributed by atoms with Crippen molar-refractivity contribution >= 4 is 6.08 Å². The van der Waals surface area contributed by atoms with Crippen molar-refractivity contribution in [2.24, 2.45) is 0 Å². The summed E-state index contributed by atoms with van der Waals surface area (Å²) in [6.07, 6.45) is 8.91. The molecule has 3 rings (SSSR count). The normalized spacial score (nSPS) is 14.2. The summed E-state index contributed by atoms with van der Waals surface area (Å²) < 4.78 is 0. The van der Waals surface area contributed by atoms with E-state index in [2.05, 4.69) is 54.3 Å². The molecule has 104 valence electrons. The average Bonchev–Trinajstić information content (AvgIpc) is 2.56. The minimum atomic E-state index is 1.07. The van der Waals surface area contributed by atoms with Crippen molar-refractivity contribution in [1.29, 1.82) is 0 Å². The van der Waals surface area contributed by atoms with Gasteiger partial charge in [-0.2, -0.15) is 0 Å². The third kappa shape index (κ3) is 3.86. The molecule has 1 fully saturated rings. The summed E-state index contributed by atoms with van der Waals surface area (Å²) in [7, 11) is 0. The molecule has 0 heteroatoms. The highest BCUT2D eigenvalue weighted by Crippen LogP contribution is 2.25. The van der Waals surface area contributed by atoms with Crippen LogP contribution in [0.5, 0.6) is 0 Å². The highest BCUT2D eigenvalue weighted by molar-refractivity contribution is 5.62. The maximum atomic E-state index is 3.32. The molecule has 0 amide bonds. The molecule has 0 radical (unpaired) electrons. The van der Waals surface area contributed by atoms with Crippen molar-refractivity contribution in [1.82, 2.24) is 0 Å². The van der Waals surface area contributed by atoms with Crippen LogP contribution in [0.4, 0.5) is 0 Å². The average molecular weight is 272 g/mol. The van der Waals surface area contributed by atoms with Crippen molar-refractivity contribution in [3.05, 3.63) is 76.9 Å². The molecule has 0 saturated heterocycles. The predicted molar refractivity (Wildman–Crippen MR) is 89.9 cm³/mol. The fraction of sp³-hybridized carbons (Fsp3) is 0.238. The Kier molecular flexibility index (Phi) is 4.54. The summed E-state index contributed by atoms with van der Waals surface area (Å²) >= 11 is 0. The summed E-state index contributed by atoms with van der Waals surface area (Å²) in [5, 5.41) is 0. The summed E-state index contributed by atoms with van der Waals surface area (Å²) in [4.78, 5) is 0. The molecule has 2 aromatic rings. The van der Waals surface area contributed by atoms with Crippen molar-refractivity contribution in [3.63, 3.8) is 0 Å². The maximum Gasteiger partial charge on any atom is 0.0321 e. The fourth-order valence-electron chi connectivity index (χ4n) is 2.77. The van der Waals surface area contributed by atoms with Crippen molar-refractivity contribution in [2.45, 2.75) is 32.1 Å². The van der Waals surface area contributed by atoms with Crippen LogP contribution in [0.25, 0.3) is 6.08 Å². The number of hydrogen-bond donors (Lipinski definition) is 0. The molecular weight excluding hydrogens is 252 g/mol. The van der Waals surface area contributed by atoms with Gasteiger partial charge in [-0.15, -0.1) is 0 Å². The van der Waals surface area contributed by atoms with Gasteiger partial charge in [0.15, 0.2) is 0 Å². The van der Waals surface area contributed by atoms with Gasteiger partial charge in [0.1, 0.15) is 0 Å². The third-order valence-electron chi connectivity index (χ3n) is 3.93. The van der Waals surface area contributed by atoms with Crippen LogP contribution in [-0.4, -0.2) is 0 Å². The maximum absolute atomic E-state index is 3.32. The Morgan fingerprint density at radius 3 is 2.24 bits per heavy atom. The Hall–Kier alpha value is -2.26. The quantitative estimate of drug-likeness (QED) is 0.607. The summed E-state index contributed by atoms with van der Waals surface area (Å²) in [5.74, 6) is 6.58. The first kappa shape index (κ1) is 13.7. The lowest BCUT2D eigenvalue weighted by Gasteiger charge is -2.13. The lowest BCUT2D eigenvalue weighted by molar-refractivity contribution is 0.602. The van der Waals surface area contributed by atoms with Crippen LogP contribution in [0.2, 0.25) is 0 Å². The molecule has 0 unspecified atom stereocenters. The number of hydrogen-bond acceptors (Lipinski definition) is 0. The zero-order chi connectivity index (χ0) is 14.3. The summed E-state index contributed by atoms with van der Waals surface area (Å²) in [6.45, 7) is 0. The minimum Gasteiger partial charge on any atom is -0.0696 e. The zero-order valence-corrected chi connectivity index (χ0v) is 12.3. The Labute approximate surface area is 127 Å². The first-order chi connectivity index (χ1) is 10.4. The molecule has 0 aliphatic heterocycles. The summed E-state index contributed by atoms with van der Waals surface area (Å²) in [6, 6.07) is 18.6. The summed E-state index contributed by atoms with van der Waals surface area (Å²) in [5.41, 5.74) is 5.03. The molecule has 0 spiro atoms. The van der Waals surface area contributed by atoms with Gasteiger partial charge in [-0.1, -0.05) is 66.3 Å². The second-order valence-electron chi connectivity index (χ2n) is 5.57. The van der Waals surface area contributed by atoms with Gasteiger partial charge < -0.3 is 0 Å². The Morgan fingerprint density at radius 1 is 0.714 bits per heavy atom. The monoisotopic (exact) mass is 272 g/mol. The van der Waals surface area contributed by atoms with Crippen LogP contribution in [0.1, 0.15) is 48.8 Å². The van der Waals surface area contributed by atoms with Gasteiger partial charge in [-0.05, 0) is 49.4 Å². The Bertz CT molecular complexity index is 673. The van der Waals surface area contributed by atoms with E-state index in [0.717, 1.165) is 11.1 Å². The molecule has 0 atom stereocenters. The molecule has 1 saturated carbocycles. The van der Waals surface area contributed by atoms with Gasteiger partial charge in [0, 0.05) is 11.1 Å². The molecule has 0 nitrogen and oxygen atoms in total. The lowest BCUT2D eigenvalue weighted by Crippen LogP contribution is -1.94. The number of benzene rings is 2. The van der Waals surface area contributed by atoms with E-state index in [1.54, 1.807) is 5.57 Å². The largest absolute Gasteiger partial charge is 0.0696 e. The molecule has 2 aromatic carbocycles. The zero-order valence-electron chi connectivity index (χ0n) is 12.3. The SMILES string of the molecule is C(#Cc1ccccc1C=C1CCCCC1)c1ccccc1. The molecule has 0 heterocycles. The van der Waals surface area contributed by atoms with Gasteiger partial charge >= 0.3 is 0 Å². The Balaban J connectivity index is 1.88. The van der Waals surface area contributed by atoms with Gasteiger partial charge in [0.25, 0.3) is 0 Å². The van der Waals surface area contributed by atoms with E-state index in [0.29, 0.717) is 0 Å². The van der Waals surface area contributed by atoms with Crippen LogP contribution in [0.15, 0.2) is 60.2 Å². The van der Waals surface area contributed by atoms with Crippen LogP contribution < -0.4 is 0 Å². The highest BCUT2D eigenvalue weighted by atomic mass is 14.1. The fourth-order valence-corrected chi connectivity index (χ4v) is 2.77. The molecule has 0 aromatic heterocycles. The van der Waals surface area contributed by atoms with Crippen LogP contribution in [0.3, 0.4) is 0 Å². The van der Waals surface area contributed by atoms with Gasteiger partial charge in [-0.25, -0.2) is 0 Å². The van der Waals surface area contributed by atoms with Crippen LogP contribution >= 0.6 is 0 Å². The van der Waals surface area contributed by atoms with E-state index in [1.807, 2.05) is 18.2 Å². The second kappa shape index (κ2) is 6.95. The van der Waals surface area contributed by atoms with Crippen molar-refractivity contribution < 1.29 is 0 Å².